The number of hydrogen-bond donors (Lipinski definition) is 3. The van der Waals surface area contributed by atoms with E-state index < -0.39 is 40.7 Å². The Kier molecular flexibility index (Phi) is 6.84. The van der Waals surface area contributed by atoms with Crippen LogP contribution in [0, 0.1) is 16.7 Å². The van der Waals surface area contributed by atoms with Crippen LogP contribution in [-0.4, -0.2) is 62.2 Å². The van der Waals surface area contributed by atoms with Gasteiger partial charge in [-0.05, 0) is 0 Å². The number of hydrogen-bond acceptors (Lipinski definition) is 9. The van der Waals surface area contributed by atoms with Gasteiger partial charge in [0.05, 0.1) is 13.2 Å². The number of ether oxygens (including phenoxy) is 2. The molecule has 1 aliphatic rings. The Hall–Kier alpha value is -1.97. The molecule has 3 N–H and O–H groups in total. The summed E-state index contributed by atoms with van der Waals surface area (Å²) in [5, 5.41) is 30.1. The van der Waals surface area contributed by atoms with E-state index in [2.05, 4.69) is 0 Å². The Morgan fingerprint density at radius 1 is 1.46 bits per heavy atom. The molecule has 2 heterocycles. The fourth-order valence-electron chi connectivity index (χ4n) is 2.57. The Morgan fingerprint density at radius 2 is 2.14 bits per heavy atom. The second kappa shape index (κ2) is 8.59. The monoisotopic (exact) mass is 413 g/mol. The van der Waals surface area contributed by atoms with Gasteiger partial charge in [0.25, 0.3) is 11.3 Å². The topological polar surface area (TPSA) is 155 Å². The van der Waals surface area contributed by atoms with Crippen LogP contribution in [0.3, 0.4) is 0 Å². The quantitative estimate of drug-likeness (QED) is 0.506. The van der Waals surface area contributed by atoms with Gasteiger partial charge in [-0.25, -0.2) is 4.79 Å². The molecule has 0 bridgehead atoms. The van der Waals surface area contributed by atoms with Crippen LogP contribution in [0.25, 0.3) is 0 Å². The third-order valence-electron chi connectivity index (χ3n) is 4.13. The molecule has 154 valence electrons. The summed E-state index contributed by atoms with van der Waals surface area (Å²) < 4.78 is 11.6. The smallest absolute Gasteiger partial charge is 0.331 e. The first-order chi connectivity index (χ1) is 13.0. The summed E-state index contributed by atoms with van der Waals surface area (Å²) in [6.45, 7) is 5.46. The van der Waals surface area contributed by atoms with Gasteiger partial charge in [-0.15, -0.1) is 0 Å². The molecule has 0 aromatic carbocycles. The van der Waals surface area contributed by atoms with Crippen LogP contribution in [0.15, 0.2) is 21.9 Å². The maximum absolute atomic E-state index is 12.0. The molecular formula is C17H23N3O7S. The molecule has 1 aromatic heterocycles. The van der Waals surface area contributed by atoms with E-state index in [1.165, 1.54) is 0 Å². The second-order valence-electron chi connectivity index (χ2n) is 7.34. The molecule has 10 nitrogen and oxygen atoms in total. The van der Waals surface area contributed by atoms with E-state index in [9.17, 15) is 29.9 Å². The number of aromatic nitrogens is 2. The highest BCUT2D eigenvalue weighted by Gasteiger charge is 2.57. The highest BCUT2D eigenvalue weighted by molar-refractivity contribution is 8.13. The minimum atomic E-state index is -2.20. The van der Waals surface area contributed by atoms with Gasteiger partial charge >= 0.3 is 5.69 Å². The van der Waals surface area contributed by atoms with Crippen LogP contribution >= 0.6 is 11.8 Å². The summed E-state index contributed by atoms with van der Waals surface area (Å²) in [4.78, 5) is 37.0. The van der Waals surface area contributed by atoms with Gasteiger partial charge in [-0.1, -0.05) is 32.5 Å². The number of nitriles is 1. The number of thioether (sulfide) groups is 1. The summed E-state index contributed by atoms with van der Waals surface area (Å²) in [5.74, 6) is 0.393. The van der Waals surface area contributed by atoms with Crippen LogP contribution < -0.4 is 11.2 Å². The van der Waals surface area contributed by atoms with Crippen molar-refractivity contribution in [1.82, 2.24) is 9.55 Å². The molecule has 0 spiro atoms. The minimum absolute atomic E-state index is 0.0182. The van der Waals surface area contributed by atoms with Gasteiger partial charge in [0, 0.05) is 23.4 Å². The highest BCUT2D eigenvalue weighted by atomic mass is 32.2. The Morgan fingerprint density at radius 3 is 2.71 bits per heavy atom. The predicted molar refractivity (Wildman–Crippen MR) is 99.5 cm³/mol. The molecule has 2 rings (SSSR count). The molecule has 1 aliphatic heterocycles. The highest BCUT2D eigenvalue weighted by Crippen LogP contribution is 2.34. The SMILES string of the molecule is CC(C)(C)C(=O)SCCOC[C@H]1O[C@@](C#N)(n2ccc(=O)[nH]c2=O)C(O)C1O. The first-order valence-electron chi connectivity index (χ1n) is 8.55. The second-order valence-corrected chi connectivity index (χ2v) is 8.41. The number of nitrogens with one attached hydrogen (secondary N) is 1. The molecule has 2 unspecified atom stereocenters. The molecule has 1 aromatic rings. The zero-order chi connectivity index (χ0) is 21.1. The maximum atomic E-state index is 12.0. The fourth-order valence-corrected chi connectivity index (χ4v) is 3.39. The van der Waals surface area contributed by atoms with E-state index in [1.54, 1.807) is 6.07 Å². The summed E-state index contributed by atoms with van der Waals surface area (Å²) in [7, 11) is 0. The van der Waals surface area contributed by atoms with Gasteiger partial charge in [0.1, 0.15) is 24.4 Å². The average Bonchev–Trinajstić information content (AvgIpc) is 2.86. The number of aromatic amines is 1. The molecular weight excluding hydrogens is 390 g/mol. The van der Waals surface area contributed by atoms with E-state index >= 15 is 0 Å². The Bertz CT molecular complexity index is 869. The van der Waals surface area contributed by atoms with Crippen LogP contribution in [0.1, 0.15) is 20.8 Å². The number of aliphatic hydroxyl groups is 2. The molecule has 0 saturated carbocycles. The predicted octanol–water partition coefficient (Wildman–Crippen LogP) is -0.844. The summed E-state index contributed by atoms with van der Waals surface area (Å²) >= 11 is 1.12. The van der Waals surface area contributed by atoms with E-state index in [4.69, 9.17) is 9.47 Å². The zero-order valence-electron chi connectivity index (χ0n) is 15.7. The van der Waals surface area contributed by atoms with Crippen molar-refractivity contribution in [3.63, 3.8) is 0 Å². The number of rotatable bonds is 6. The van der Waals surface area contributed by atoms with Crippen molar-refractivity contribution in [2.45, 2.75) is 44.8 Å². The van der Waals surface area contributed by atoms with Crippen LogP contribution in [-0.2, 0) is 20.0 Å². The summed E-state index contributed by atoms with van der Waals surface area (Å²) in [6.07, 6.45) is -3.32. The Labute approximate surface area is 165 Å². The van der Waals surface area contributed by atoms with E-state index in [-0.39, 0.29) is 18.3 Å². The minimum Gasteiger partial charge on any atom is -0.387 e. The van der Waals surface area contributed by atoms with E-state index in [0.717, 1.165) is 28.6 Å². The van der Waals surface area contributed by atoms with Crippen LogP contribution in [0.2, 0.25) is 0 Å². The molecule has 1 saturated heterocycles. The number of H-pyrrole nitrogens is 1. The lowest BCUT2D eigenvalue weighted by molar-refractivity contribution is -0.117. The Balaban J connectivity index is 2.01. The third kappa shape index (κ3) is 4.53. The standard InChI is InChI=1S/C17H23N3O7S/c1-16(2,3)14(24)28-7-6-26-8-10-12(22)13(23)17(9-18,27-10)20-5-4-11(21)19-15(20)25/h4-5,10,12-13,22-23H,6-8H2,1-3H3,(H,19,21,25)/t10-,12?,13?,17-/m1/s1. The van der Waals surface area contributed by atoms with Crippen LogP contribution in [0.5, 0.6) is 0 Å². The van der Waals surface area contributed by atoms with Gasteiger partial charge in [-0.2, -0.15) is 5.26 Å². The molecule has 0 radical (unpaired) electrons. The number of nitrogens with zero attached hydrogens (tertiary/aromatic N) is 2. The van der Waals surface area contributed by atoms with Crippen molar-refractivity contribution >= 4 is 16.9 Å². The van der Waals surface area contributed by atoms with Crippen molar-refractivity contribution in [2.24, 2.45) is 5.41 Å². The van der Waals surface area contributed by atoms with Gasteiger partial charge < -0.3 is 19.7 Å². The molecule has 1 fully saturated rings. The largest absolute Gasteiger partial charge is 0.387 e. The normalized spacial score (nSPS) is 27.5. The van der Waals surface area contributed by atoms with Crippen molar-refractivity contribution in [3.05, 3.63) is 33.1 Å². The third-order valence-corrected chi connectivity index (χ3v) is 5.38. The molecule has 28 heavy (non-hydrogen) atoms. The molecule has 11 heteroatoms. The lowest BCUT2D eigenvalue weighted by atomic mass is 10.00. The lowest BCUT2D eigenvalue weighted by Crippen LogP contribution is -2.50. The first kappa shape index (κ1) is 22.3. The number of aliphatic hydroxyl groups excluding tert-OH is 2. The van der Waals surface area contributed by atoms with Crippen molar-refractivity contribution in [2.75, 3.05) is 19.0 Å². The zero-order valence-corrected chi connectivity index (χ0v) is 16.6. The average molecular weight is 413 g/mol. The lowest BCUT2D eigenvalue weighted by Gasteiger charge is -2.26. The van der Waals surface area contributed by atoms with Gasteiger partial charge in [0.15, 0.2) is 5.12 Å². The molecule has 0 aliphatic carbocycles. The summed E-state index contributed by atoms with van der Waals surface area (Å²) in [6, 6.07) is 2.70. The molecule has 0 amide bonds. The van der Waals surface area contributed by atoms with Gasteiger partial charge in [0.2, 0.25) is 0 Å². The fraction of sp³-hybridized carbons (Fsp3) is 0.647. The maximum Gasteiger partial charge on any atom is 0.331 e. The molecule has 4 atom stereocenters. The van der Waals surface area contributed by atoms with Crippen molar-refractivity contribution < 1.29 is 24.5 Å². The van der Waals surface area contributed by atoms with Crippen molar-refractivity contribution in [1.29, 1.82) is 5.26 Å². The summed E-state index contributed by atoms with van der Waals surface area (Å²) in [5.41, 5.74) is -4.30. The van der Waals surface area contributed by atoms with E-state index in [1.807, 2.05) is 25.8 Å². The van der Waals surface area contributed by atoms with E-state index in [0.29, 0.717) is 5.75 Å². The van der Waals surface area contributed by atoms with Crippen LogP contribution in [0.4, 0.5) is 0 Å². The van der Waals surface area contributed by atoms with Crippen molar-refractivity contribution in [3.8, 4) is 6.07 Å². The number of carbonyl (C=O) groups is 1. The number of carbonyl (C=O) groups excluding carboxylic acids is 1. The first-order valence-corrected chi connectivity index (χ1v) is 9.54. The van der Waals surface area contributed by atoms with Gasteiger partial charge in [-0.3, -0.25) is 19.1 Å².